The Hall–Kier alpha value is -3.48. The fourth-order valence-corrected chi connectivity index (χ4v) is 3.30. The van der Waals surface area contributed by atoms with Gasteiger partial charge in [-0.05, 0) is 38.0 Å². The third kappa shape index (κ3) is 4.03. The highest BCUT2D eigenvalue weighted by Gasteiger charge is 2.10. The molecule has 29 heavy (non-hydrogen) atoms. The van der Waals surface area contributed by atoms with E-state index in [1.54, 1.807) is 13.4 Å². The average Bonchev–Trinajstić information content (AvgIpc) is 3.18. The molecular formula is C22H24N6O. The van der Waals surface area contributed by atoms with Crippen LogP contribution in [0.1, 0.15) is 25.5 Å². The molecule has 4 aromatic rings. The minimum atomic E-state index is 0.268. The summed E-state index contributed by atoms with van der Waals surface area (Å²) in [6.07, 6.45) is 6.09. The number of benzene rings is 1. The molecule has 4 rings (SSSR count). The van der Waals surface area contributed by atoms with Crippen LogP contribution in [0.3, 0.4) is 0 Å². The zero-order valence-corrected chi connectivity index (χ0v) is 16.8. The van der Waals surface area contributed by atoms with Crippen LogP contribution in [0.4, 0.5) is 5.82 Å². The highest BCUT2D eigenvalue weighted by molar-refractivity contribution is 5.80. The summed E-state index contributed by atoms with van der Waals surface area (Å²) in [4.78, 5) is 13.3. The number of methoxy groups -OCH3 is 1. The molecule has 0 saturated carbocycles. The summed E-state index contributed by atoms with van der Waals surface area (Å²) in [7, 11) is 1.69. The van der Waals surface area contributed by atoms with Crippen LogP contribution in [0, 0.1) is 0 Å². The first kappa shape index (κ1) is 18.9. The smallest absolute Gasteiger partial charge is 0.157 e. The van der Waals surface area contributed by atoms with Crippen molar-refractivity contribution in [1.82, 2.24) is 24.7 Å². The maximum Gasteiger partial charge on any atom is 0.157 e. The number of rotatable bonds is 7. The van der Waals surface area contributed by atoms with E-state index in [2.05, 4.69) is 51.3 Å². The molecule has 0 aliphatic rings. The van der Waals surface area contributed by atoms with Gasteiger partial charge in [0.15, 0.2) is 5.65 Å². The first-order valence-electron chi connectivity index (χ1n) is 9.67. The Kier molecular flexibility index (Phi) is 5.37. The van der Waals surface area contributed by atoms with Gasteiger partial charge in [0.25, 0.3) is 0 Å². The van der Waals surface area contributed by atoms with Crippen LogP contribution < -0.4 is 10.1 Å². The molecule has 0 aliphatic carbocycles. The molecule has 0 saturated heterocycles. The van der Waals surface area contributed by atoms with Gasteiger partial charge in [-0.2, -0.15) is 5.10 Å². The van der Waals surface area contributed by atoms with Gasteiger partial charge >= 0.3 is 0 Å². The highest BCUT2D eigenvalue weighted by atomic mass is 16.5. The summed E-state index contributed by atoms with van der Waals surface area (Å²) in [5.41, 5.74) is 3.81. The summed E-state index contributed by atoms with van der Waals surface area (Å²) in [6, 6.07) is 12.3. The Balaban J connectivity index is 1.49. The van der Waals surface area contributed by atoms with E-state index < -0.39 is 0 Å². The Labute approximate surface area is 169 Å². The number of aromatic nitrogens is 5. The van der Waals surface area contributed by atoms with Crippen molar-refractivity contribution in [1.29, 1.82) is 0 Å². The fourth-order valence-electron chi connectivity index (χ4n) is 3.30. The lowest BCUT2D eigenvalue weighted by atomic mass is 10.1. The summed E-state index contributed by atoms with van der Waals surface area (Å²) in [5, 5.41) is 8.80. The van der Waals surface area contributed by atoms with Gasteiger partial charge in [0.2, 0.25) is 0 Å². The molecule has 0 amide bonds. The largest absolute Gasteiger partial charge is 0.496 e. The number of pyridine rings is 1. The van der Waals surface area contributed by atoms with E-state index in [4.69, 9.17) is 4.74 Å². The molecule has 0 aliphatic heterocycles. The second-order valence-corrected chi connectivity index (χ2v) is 7.10. The molecule has 0 bridgehead atoms. The topological polar surface area (TPSA) is 77.8 Å². The summed E-state index contributed by atoms with van der Waals surface area (Å²) in [5.74, 6) is 1.68. The molecule has 3 aromatic heterocycles. The zero-order chi connectivity index (χ0) is 20.2. The molecule has 0 spiro atoms. The molecular weight excluding hydrogens is 364 g/mol. The first-order valence-corrected chi connectivity index (χ1v) is 9.67. The van der Waals surface area contributed by atoms with Crippen molar-refractivity contribution in [2.24, 2.45) is 0 Å². The summed E-state index contributed by atoms with van der Waals surface area (Å²) < 4.78 is 7.33. The van der Waals surface area contributed by atoms with E-state index in [1.807, 2.05) is 41.3 Å². The molecule has 7 nitrogen and oxygen atoms in total. The molecule has 3 heterocycles. The Morgan fingerprint density at radius 3 is 2.76 bits per heavy atom. The van der Waals surface area contributed by atoms with Crippen LogP contribution in [0.2, 0.25) is 0 Å². The van der Waals surface area contributed by atoms with E-state index >= 15 is 0 Å². The first-order chi connectivity index (χ1) is 14.2. The summed E-state index contributed by atoms with van der Waals surface area (Å²) >= 11 is 0. The number of hydrogen-bond acceptors (Lipinski definition) is 6. The molecule has 1 N–H and O–H groups in total. The standard InChI is InChI=1S/C22H24N6O/c1-15(2)28-22-18(13-27-28)10-17(12-24-22)19-11-21(26-14-25-19)23-9-8-16-6-4-5-7-20(16)29-3/h4-7,10-15H,8-9H2,1-3H3,(H,23,25,26). The quantitative estimate of drug-likeness (QED) is 0.513. The third-order valence-electron chi connectivity index (χ3n) is 4.78. The molecule has 0 atom stereocenters. The fraction of sp³-hybridized carbons (Fsp3) is 0.273. The van der Waals surface area contributed by atoms with Crippen LogP contribution in [0.25, 0.3) is 22.3 Å². The lowest BCUT2D eigenvalue weighted by molar-refractivity contribution is 0.410. The second kappa shape index (κ2) is 8.26. The number of para-hydroxylation sites is 1. The highest BCUT2D eigenvalue weighted by Crippen LogP contribution is 2.24. The summed E-state index contributed by atoms with van der Waals surface area (Å²) in [6.45, 7) is 4.93. The van der Waals surface area contributed by atoms with E-state index in [1.165, 1.54) is 0 Å². The number of nitrogens with zero attached hydrogens (tertiary/aromatic N) is 5. The molecule has 1 aromatic carbocycles. The monoisotopic (exact) mass is 388 g/mol. The van der Waals surface area contributed by atoms with Crippen molar-refractivity contribution in [3.05, 3.63) is 60.7 Å². The van der Waals surface area contributed by atoms with Crippen molar-refractivity contribution in [2.45, 2.75) is 26.3 Å². The lowest BCUT2D eigenvalue weighted by Crippen LogP contribution is -2.07. The number of nitrogens with one attached hydrogen (secondary N) is 1. The van der Waals surface area contributed by atoms with Crippen molar-refractivity contribution in [3.63, 3.8) is 0 Å². The van der Waals surface area contributed by atoms with Crippen LogP contribution in [0.5, 0.6) is 5.75 Å². The van der Waals surface area contributed by atoms with Gasteiger partial charge in [0, 0.05) is 35.8 Å². The molecule has 7 heteroatoms. The predicted octanol–water partition coefficient (Wildman–Crippen LogP) is 4.13. The van der Waals surface area contributed by atoms with Crippen molar-refractivity contribution >= 4 is 16.9 Å². The van der Waals surface area contributed by atoms with Gasteiger partial charge in [-0.15, -0.1) is 0 Å². The molecule has 0 unspecified atom stereocenters. The van der Waals surface area contributed by atoms with Gasteiger partial charge in [-0.1, -0.05) is 18.2 Å². The van der Waals surface area contributed by atoms with Crippen molar-refractivity contribution in [2.75, 3.05) is 19.0 Å². The van der Waals surface area contributed by atoms with Gasteiger partial charge in [-0.25, -0.2) is 19.6 Å². The van der Waals surface area contributed by atoms with Crippen LogP contribution in [-0.4, -0.2) is 38.4 Å². The second-order valence-electron chi connectivity index (χ2n) is 7.10. The van der Waals surface area contributed by atoms with E-state index in [0.29, 0.717) is 0 Å². The maximum absolute atomic E-state index is 5.41. The molecule has 0 radical (unpaired) electrons. The Morgan fingerprint density at radius 2 is 1.93 bits per heavy atom. The number of ether oxygens (including phenoxy) is 1. The van der Waals surface area contributed by atoms with Gasteiger partial charge < -0.3 is 10.1 Å². The van der Waals surface area contributed by atoms with Gasteiger partial charge in [0.05, 0.1) is 19.0 Å². The maximum atomic E-state index is 5.41. The van der Waals surface area contributed by atoms with Crippen LogP contribution >= 0.6 is 0 Å². The number of fused-ring (bicyclic) bond motifs is 1. The number of hydrogen-bond donors (Lipinski definition) is 1. The average molecular weight is 388 g/mol. The van der Waals surface area contributed by atoms with Crippen LogP contribution in [-0.2, 0) is 6.42 Å². The molecule has 148 valence electrons. The zero-order valence-electron chi connectivity index (χ0n) is 16.8. The molecule has 0 fully saturated rings. The minimum absolute atomic E-state index is 0.268. The Bertz CT molecular complexity index is 1120. The number of anilines is 1. The van der Waals surface area contributed by atoms with Crippen LogP contribution in [0.15, 0.2) is 55.1 Å². The SMILES string of the molecule is COc1ccccc1CCNc1cc(-c2cnc3c(cnn3C(C)C)c2)ncn1. The normalized spacial score (nSPS) is 11.2. The third-order valence-corrected chi connectivity index (χ3v) is 4.78. The van der Waals surface area contributed by atoms with Gasteiger partial charge in [-0.3, -0.25) is 0 Å². The van der Waals surface area contributed by atoms with Gasteiger partial charge in [0.1, 0.15) is 17.9 Å². The Morgan fingerprint density at radius 1 is 1.07 bits per heavy atom. The van der Waals surface area contributed by atoms with E-state index in [0.717, 1.165) is 52.4 Å². The van der Waals surface area contributed by atoms with Crippen molar-refractivity contribution in [3.8, 4) is 17.0 Å². The van der Waals surface area contributed by atoms with E-state index in [9.17, 15) is 0 Å². The van der Waals surface area contributed by atoms with Crippen molar-refractivity contribution < 1.29 is 4.74 Å². The minimum Gasteiger partial charge on any atom is -0.496 e. The predicted molar refractivity (Wildman–Crippen MR) is 114 cm³/mol. The van der Waals surface area contributed by atoms with E-state index in [-0.39, 0.29) is 6.04 Å². The lowest BCUT2D eigenvalue weighted by Gasteiger charge is -2.10.